The first-order valence-electron chi connectivity index (χ1n) is 10.9. The third-order valence-electron chi connectivity index (χ3n) is 5.28. The van der Waals surface area contributed by atoms with Crippen LogP contribution in [0.15, 0.2) is 90.0 Å². The maximum absolute atomic E-state index is 13.4. The zero-order valence-electron chi connectivity index (χ0n) is 19.1. The quantitative estimate of drug-likeness (QED) is 0.386. The van der Waals surface area contributed by atoms with Crippen LogP contribution in [0.4, 0.5) is 0 Å². The van der Waals surface area contributed by atoms with Gasteiger partial charge in [-0.25, -0.2) is 5.43 Å². The van der Waals surface area contributed by atoms with Gasteiger partial charge in [0.15, 0.2) is 0 Å². The van der Waals surface area contributed by atoms with Crippen LogP contribution in [-0.2, 0) is 9.59 Å². The lowest BCUT2D eigenvalue weighted by atomic mass is 9.89. The van der Waals surface area contributed by atoms with Gasteiger partial charge in [-0.3, -0.25) is 9.59 Å². The summed E-state index contributed by atoms with van der Waals surface area (Å²) in [5, 5.41) is 6.99. The van der Waals surface area contributed by atoms with Crippen LogP contribution in [0, 0.1) is 5.92 Å². The fourth-order valence-corrected chi connectivity index (χ4v) is 3.49. The largest absolute Gasteiger partial charge is 0.497 e. The van der Waals surface area contributed by atoms with Crippen molar-refractivity contribution in [3.05, 3.63) is 102 Å². The smallest absolute Gasteiger partial charge is 0.262 e. The number of nitrogens with one attached hydrogen (secondary N) is 2. The van der Waals surface area contributed by atoms with E-state index in [2.05, 4.69) is 15.8 Å². The van der Waals surface area contributed by atoms with Gasteiger partial charge in [0.2, 0.25) is 5.91 Å². The highest BCUT2D eigenvalue weighted by atomic mass is 16.5. The lowest BCUT2D eigenvalue weighted by Gasteiger charge is -2.24. The summed E-state index contributed by atoms with van der Waals surface area (Å²) in [6.45, 7) is 3.77. The van der Waals surface area contributed by atoms with Crippen molar-refractivity contribution in [1.82, 2.24) is 10.7 Å². The van der Waals surface area contributed by atoms with Gasteiger partial charge in [0, 0.05) is 0 Å². The van der Waals surface area contributed by atoms with Crippen LogP contribution in [0.3, 0.4) is 0 Å². The van der Waals surface area contributed by atoms with Crippen LogP contribution >= 0.6 is 0 Å². The Labute approximate surface area is 194 Å². The van der Waals surface area contributed by atoms with Crippen molar-refractivity contribution in [2.45, 2.75) is 25.8 Å². The molecule has 0 heterocycles. The number of rotatable bonds is 9. The molecular formula is C27H29N3O3. The summed E-state index contributed by atoms with van der Waals surface area (Å²) in [6, 6.07) is 25.7. The first-order chi connectivity index (χ1) is 16.0. The van der Waals surface area contributed by atoms with Crippen molar-refractivity contribution in [2.75, 3.05) is 7.11 Å². The van der Waals surface area contributed by atoms with Crippen LogP contribution < -0.4 is 15.5 Å². The Hall–Kier alpha value is -3.93. The summed E-state index contributed by atoms with van der Waals surface area (Å²) in [5.74, 6) is -0.518. The van der Waals surface area contributed by atoms with E-state index in [1.807, 2.05) is 98.8 Å². The second-order valence-corrected chi connectivity index (χ2v) is 7.99. The van der Waals surface area contributed by atoms with Crippen molar-refractivity contribution in [3.8, 4) is 5.75 Å². The molecule has 0 saturated carbocycles. The minimum Gasteiger partial charge on any atom is -0.497 e. The molecule has 1 atom stereocenters. The summed E-state index contributed by atoms with van der Waals surface area (Å²) in [5.41, 5.74) is 5.09. The van der Waals surface area contributed by atoms with E-state index in [-0.39, 0.29) is 17.7 Å². The average molecular weight is 444 g/mol. The van der Waals surface area contributed by atoms with Gasteiger partial charge in [-0.2, -0.15) is 5.10 Å². The van der Waals surface area contributed by atoms with Crippen LogP contribution in [0.5, 0.6) is 5.75 Å². The molecule has 3 rings (SSSR count). The van der Waals surface area contributed by atoms with Gasteiger partial charge >= 0.3 is 0 Å². The maximum Gasteiger partial charge on any atom is 0.262 e. The molecule has 0 aromatic heterocycles. The Morgan fingerprint density at radius 1 is 0.818 bits per heavy atom. The van der Waals surface area contributed by atoms with Crippen molar-refractivity contribution < 1.29 is 14.3 Å². The third kappa shape index (κ3) is 6.53. The molecule has 33 heavy (non-hydrogen) atoms. The molecule has 0 radical (unpaired) electrons. The standard InChI is InChI=1S/C27H29N3O3/c1-19(2)25(27(32)30-28-18-20-14-16-23(33-3)17-15-20)29-26(31)24(21-10-6-4-7-11-21)22-12-8-5-9-13-22/h4-19,24-25H,1-3H3,(H,29,31)(H,30,32)/b28-18-/t25-/m1/s1. The van der Waals surface area contributed by atoms with Crippen LogP contribution in [-0.4, -0.2) is 31.2 Å². The number of hydrogen-bond acceptors (Lipinski definition) is 4. The number of nitrogens with zero attached hydrogens (tertiary/aromatic N) is 1. The second-order valence-electron chi connectivity index (χ2n) is 7.99. The monoisotopic (exact) mass is 443 g/mol. The summed E-state index contributed by atoms with van der Waals surface area (Å²) < 4.78 is 5.14. The first-order valence-corrected chi connectivity index (χ1v) is 10.9. The fourth-order valence-electron chi connectivity index (χ4n) is 3.49. The van der Waals surface area contributed by atoms with Gasteiger partial charge in [-0.15, -0.1) is 0 Å². The number of amides is 2. The van der Waals surface area contributed by atoms with Gasteiger partial charge in [0.05, 0.1) is 19.2 Å². The minimum absolute atomic E-state index is 0.127. The summed E-state index contributed by atoms with van der Waals surface area (Å²) >= 11 is 0. The number of hydrazone groups is 1. The molecule has 0 unspecified atom stereocenters. The summed E-state index contributed by atoms with van der Waals surface area (Å²) in [7, 11) is 1.60. The van der Waals surface area contributed by atoms with E-state index in [9.17, 15) is 9.59 Å². The van der Waals surface area contributed by atoms with Crippen LogP contribution in [0.25, 0.3) is 0 Å². The van der Waals surface area contributed by atoms with Crippen molar-refractivity contribution >= 4 is 18.0 Å². The number of hydrogen-bond donors (Lipinski definition) is 2. The van der Waals surface area contributed by atoms with Crippen molar-refractivity contribution in [1.29, 1.82) is 0 Å². The summed E-state index contributed by atoms with van der Waals surface area (Å²) in [4.78, 5) is 26.2. The molecule has 0 aliphatic carbocycles. The number of ether oxygens (including phenoxy) is 1. The molecular weight excluding hydrogens is 414 g/mol. The van der Waals surface area contributed by atoms with Crippen molar-refractivity contribution in [3.63, 3.8) is 0 Å². The fraction of sp³-hybridized carbons (Fsp3) is 0.222. The Morgan fingerprint density at radius 3 is 1.85 bits per heavy atom. The Bertz CT molecular complexity index is 1030. The van der Waals surface area contributed by atoms with Gasteiger partial charge in [-0.1, -0.05) is 74.5 Å². The molecule has 170 valence electrons. The van der Waals surface area contributed by atoms with E-state index in [4.69, 9.17) is 4.74 Å². The van der Waals surface area contributed by atoms with E-state index in [0.717, 1.165) is 22.4 Å². The Balaban J connectivity index is 1.73. The van der Waals surface area contributed by atoms with Crippen LogP contribution in [0.2, 0.25) is 0 Å². The zero-order valence-corrected chi connectivity index (χ0v) is 19.1. The maximum atomic E-state index is 13.4. The van der Waals surface area contributed by atoms with Gasteiger partial charge < -0.3 is 10.1 Å². The molecule has 0 bridgehead atoms. The second kappa shape index (κ2) is 11.6. The molecule has 0 fully saturated rings. The normalized spacial score (nSPS) is 12.0. The number of carbonyl (C=O) groups excluding carboxylic acids is 2. The topological polar surface area (TPSA) is 79.8 Å². The lowest BCUT2D eigenvalue weighted by Crippen LogP contribution is -2.50. The first kappa shape index (κ1) is 23.7. The van der Waals surface area contributed by atoms with E-state index in [0.29, 0.717) is 0 Å². The molecule has 0 spiro atoms. The molecule has 3 aromatic rings. The molecule has 0 saturated heterocycles. The third-order valence-corrected chi connectivity index (χ3v) is 5.28. The average Bonchev–Trinajstić information content (AvgIpc) is 2.84. The molecule has 2 amide bonds. The minimum atomic E-state index is -0.736. The van der Waals surface area contributed by atoms with Gasteiger partial charge in [0.25, 0.3) is 5.91 Å². The van der Waals surface area contributed by atoms with Gasteiger partial charge in [0.1, 0.15) is 11.8 Å². The molecule has 0 aliphatic rings. The van der Waals surface area contributed by atoms with E-state index >= 15 is 0 Å². The molecule has 6 heteroatoms. The number of carbonyl (C=O) groups is 2. The lowest BCUT2D eigenvalue weighted by molar-refractivity contribution is -0.130. The molecule has 2 N–H and O–H groups in total. The zero-order chi connectivity index (χ0) is 23.6. The van der Waals surface area contributed by atoms with Crippen LogP contribution in [0.1, 0.15) is 36.5 Å². The highest BCUT2D eigenvalue weighted by molar-refractivity contribution is 5.93. The SMILES string of the molecule is COc1ccc(/C=N\NC(=O)[C@H](NC(=O)C(c2ccccc2)c2ccccc2)C(C)C)cc1. The van der Waals surface area contributed by atoms with E-state index < -0.39 is 12.0 Å². The van der Waals surface area contributed by atoms with Crippen molar-refractivity contribution in [2.24, 2.45) is 11.0 Å². The van der Waals surface area contributed by atoms with E-state index in [1.54, 1.807) is 13.3 Å². The highest BCUT2D eigenvalue weighted by Gasteiger charge is 2.29. The molecule has 0 aliphatic heterocycles. The molecule has 6 nitrogen and oxygen atoms in total. The number of benzene rings is 3. The summed E-state index contributed by atoms with van der Waals surface area (Å²) in [6.07, 6.45) is 1.55. The number of methoxy groups -OCH3 is 1. The Kier molecular flexibility index (Phi) is 8.36. The Morgan fingerprint density at radius 2 is 1.36 bits per heavy atom. The van der Waals surface area contributed by atoms with Gasteiger partial charge in [-0.05, 0) is 46.9 Å². The predicted octanol–water partition coefficient (Wildman–Crippen LogP) is 4.12. The highest BCUT2D eigenvalue weighted by Crippen LogP contribution is 2.25. The predicted molar refractivity (Wildman–Crippen MR) is 130 cm³/mol. The van der Waals surface area contributed by atoms with E-state index in [1.165, 1.54) is 0 Å². The molecule has 3 aromatic carbocycles.